The van der Waals surface area contributed by atoms with E-state index in [4.69, 9.17) is 30.8 Å². The number of pyridine rings is 1. The van der Waals surface area contributed by atoms with E-state index >= 15 is 0 Å². The van der Waals surface area contributed by atoms with Gasteiger partial charge >= 0.3 is 5.97 Å². The zero-order chi connectivity index (χ0) is 31.3. The third-order valence-electron chi connectivity index (χ3n) is 9.16. The average molecular weight is 633 g/mol. The summed E-state index contributed by atoms with van der Waals surface area (Å²) in [6.45, 7) is 7.60. The van der Waals surface area contributed by atoms with E-state index in [9.17, 15) is 14.3 Å². The molecule has 4 aromatic rings. The number of carbonyl (C=O) groups is 1. The highest BCUT2D eigenvalue weighted by Gasteiger charge is 2.43. The third kappa shape index (κ3) is 5.67. The van der Waals surface area contributed by atoms with E-state index in [0.29, 0.717) is 40.7 Å². The molecule has 0 spiro atoms. The van der Waals surface area contributed by atoms with Crippen molar-refractivity contribution in [3.8, 4) is 22.8 Å². The van der Waals surface area contributed by atoms with Crippen LogP contribution in [0.5, 0.6) is 11.5 Å². The van der Waals surface area contributed by atoms with Crippen LogP contribution in [0.25, 0.3) is 11.3 Å². The van der Waals surface area contributed by atoms with Crippen LogP contribution in [0.15, 0.2) is 54.9 Å². The van der Waals surface area contributed by atoms with Gasteiger partial charge in [0.1, 0.15) is 11.6 Å². The molecule has 3 aliphatic rings. The number of carboxylic acid groups (broad SMARTS) is 1. The smallest absolute Gasteiger partial charge is 0.337 e. The van der Waals surface area contributed by atoms with Gasteiger partial charge in [0.2, 0.25) is 0 Å². The molecule has 0 bridgehead atoms. The van der Waals surface area contributed by atoms with Crippen molar-refractivity contribution in [2.75, 3.05) is 19.7 Å². The van der Waals surface area contributed by atoms with Gasteiger partial charge in [0.15, 0.2) is 11.5 Å². The minimum Gasteiger partial charge on any atom is -0.478 e. The number of imidazole rings is 1. The quantitative estimate of drug-likeness (QED) is 0.233. The maximum atomic E-state index is 14.9. The molecule has 1 N–H and O–H groups in total. The van der Waals surface area contributed by atoms with Crippen molar-refractivity contribution in [2.24, 2.45) is 0 Å². The highest BCUT2D eigenvalue weighted by Crippen LogP contribution is 2.50. The van der Waals surface area contributed by atoms with Crippen LogP contribution in [0.3, 0.4) is 0 Å². The highest BCUT2D eigenvalue weighted by molar-refractivity contribution is 6.30. The number of rotatable bonds is 8. The summed E-state index contributed by atoms with van der Waals surface area (Å²) < 4.78 is 35.4. The molecule has 0 saturated carbocycles. The Labute approximate surface area is 265 Å². The highest BCUT2D eigenvalue weighted by atomic mass is 35.5. The summed E-state index contributed by atoms with van der Waals surface area (Å²) in [6, 6.07) is 12.0. The summed E-state index contributed by atoms with van der Waals surface area (Å²) in [6.07, 6.45) is 5.99. The van der Waals surface area contributed by atoms with Gasteiger partial charge in [0, 0.05) is 47.8 Å². The number of carboxylic acids is 1. The van der Waals surface area contributed by atoms with Crippen molar-refractivity contribution in [3.63, 3.8) is 0 Å². The van der Waals surface area contributed by atoms with E-state index in [-0.39, 0.29) is 17.6 Å². The van der Waals surface area contributed by atoms with E-state index in [2.05, 4.69) is 20.5 Å². The topological polar surface area (TPSA) is 98.9 Å². The van der Waals surface area contributed by atoms with E-state index in [1.807, 2.05) is 19.1 Å². The van der Waals surface area contributed by atoms with E-state index in [0.717, 1.165) is 61.7 Å². The Morgan fingerprint density at radius 2 is 1.93 bits per heavy atom. The molecule has 0 amide bonds. The number of para-hydroxylation sites is 1. The third-order valence-corrected chi connectivity index (χ3v) is 9.40. The van der Waals surface area contributed by atoms with Crippen LogP contribution in [-0.4, -0.2) is 56.3 Å². The first-order valence-electron chi connectivity index (χ1n) is 15.2. The molecule has 0 aliphatic carbocycles. The van der Waals surface area contributed by atoms with Gasteiger partial charge in [-0.15, -0.1) is 0 Å². The lowest BCUT2D eigenvalue weighted by Gasteiger charge is -2.33. The number of aromatic carboxylic acids is 1. The number of ether oxygens (including phenoxy) is 3. The SMILES string of the molecule is Cc1c(-c2cncc(C(=O)O)c2)nc(CN2CCC(c3cccc4c3OC(C)(c3ccc(Cl)cc3F)O4)CC2)n1CC1CCO1. The predicted molar refractivity (Wildman–Crippen MR) is 165 cm³/mol. The van der Waals surface area contributed by atoms with Crippen LogP contribution in [0.4, 0.5) is 4.39 Å². The molecule has 0 radical (unpaired) electrons. The second kappa shape index (κ2) is 11.7. The molecule has 11 heteroatoms. The number of piperidine rings is 1. The molecule has 2 unspecified atom stereocenters. The van der Waals surface area contributed by atoms with Crippen molar-refractivity contribution < 1.29 is 28.5 Å². The monoisotopic (exact) mass is 632 g/mol. The van der Waals surface area contributed by atoms with Gasteiger partial charge in [-0.3, -0.25) is 9.88 Å². The van der Waals surface area contributed by atoms with Crippen LogP contribution in [-0.2, 0) is 23.6 Å². The lowest BCUT2D eigenvalue weighted by Crippen LogP contribution is -2.35. The van der Waals surface area contributed by atoms with Crippen LogP contribution < -0.4 is 9.47 Å². The number of hydrogen-bond acceptors (Lipinski definition) is 7. The number of aromatic nitrogens is 3. The van der Waals surface area contributed by atoms with Gasteiger partial charge in [-0.25, -0.2) is 14.2 Å². The summed E-state index contributed by atoms with van der Waals surface area (Å²) in [5, 5.41) is 9.81. The maximum Gasteiger partial charge on any atom is 0.337 e. The van der Waals surface area contributed by atoms with E-state index in [1.165, 1.54) is 12.3 Å². The number of fused-ring (bicyclic) bond motifs is 1. The summed E-state index contributed by atoms with van der Waals surface area (Å²) in [7, 11) is 0. The largest absolute Gasteiger partial charge is 0.478 e. The zero-order valence-electron chi connectivity index (χ0n) is 25.1. The van der Waals surface area contributed by atoms with Gasteiger partial charge in [-0.05, 0) is 75.5 Å². The van der Waals surface area contributed by atoms with E-state index < -0.39 is 17.6 Å². The van der Waals surface area contributed by atoms with Crippen LogP contribution in [0.1, 0.15) is 65.1 Å². The molecular weight excluding hydrogens is 599 g/mol. The summed E-state index contributed by atoms with van der Waals surface area (Å²) in [5.41, 5.74) is 3.90. The minimum absolute atomic E-state index is 0.132. The van der Waals surface area contributed by atoms with Crippen LogP contribution >= 0.6 is 11.6 Å². The van der Waals surface area contributed by atoms with Gasteiger partial charge in [-0.1, -0.05) is 23.7 Å². The minimum atomic E-state index is -1.29. The average Bonchev–Trinajstić information content (AvgIpc) is 3.51. The molecule has 7 rings (SSSR count). The fourth-order valence-corrected chi connectivity index (χ4v) is 6.74. The standard InChI is InChI=1S/C34H34ClFN4O5/c1-20-31(22-14-23(33(41)42)17-37-16-22)38-30(40(20)18-25-10-13-43-25)19-39-11-8-21(9-12-39)26-4-3-5-29-32(26)45-34(2,44-29)27-7-6-24(35)15-28(27)36/h3-7,14-17,21,25H,8-13,18-19H2,1-2H3,(H,41,42). The molecule has 2 aromatic carbocycles. The fraction of sp³-hybridized carbons (Fsp3) is 0.382. The molecule has 2 atom stereocenters. The summed E-state index contributed by atoms with van der Waals surface area (Å²) in [5.74, 6) is -0.325. The normalized spacial score (nSPS) is 21.6. The first-order valence-corrected chi connectivity index (χ1v) is 15.6. The number of nitrogens with zero attached hydrogens (tertiary/aromatic N) is 4. The lowest BCUT2D eigenvalue weighted by molar-refractivity contribution is -0.0712. The second-order valence-corrected chi connectivity index (χ2v) is 12.6. The Bertz CT molecular complexity index is 1770. The van der Waals surface area contributed by atoms with Gasteiger partial charge in [0.25, 0.3) is 5.79 Å². The second-order valence-electron chi connectivity index (χ2n) is 12.1. The van der Waals surface area contributed by atoms with Crippen LogP contribution in [0.2, 0.25) is 5.02 Å². The first-order chi connectivity index (χ1) is 21.7. The molecule has 3 aliphatic heterocycles. The zero-order valence-corrected chi connectivity index (χ0v) is 25.9. The molecular formula is C34H34ClFN4O5. The number of benzene rings is 2. The Hall–Kier alpha value is -3.99. The van der Waals surface area contributed by atoms with Crippen molar-refractivity contribution in [1.82, 2.24) is 19.4 Å². The Morgan fingerprint density at radius 3 is 2.64 bits per heavy atom. The van der Waals surface area contributed by atoms with Gasteiger partial charge in [0.05, 0.1) is 36.0 Å². The molecule has 234 valence electrons. The number of likely N-dealkylation sites (tertiary alicyclic amines) is 1. The number of hydrogen-bond donors (Lipinski definition) is 1. The van der Waals surface area contributed by atoms with Crippen molar-refractivity contribution in [2.45, 2.75) is 64.0 Å². The van der Waals surface area contributed by atoms with Crippen LogP contribution in [0, 0.1) is 12.7 Å². The Balaban J connectivity index is 1.08. The molecule has 2 aromatic heterocycles. The maximum absolute atomic E-state index is 14.9. The first kappa shape index (κ1) is 29.7. The number of halogens is 2. The molecule has 9 nitrogen and oxygen atoms in total. The Morgan fingerprint density at radius 1 is 1.13 bits per heavy atom. The van der Waals surface area contributed by atoms with Crippen molar-refractivity contribution >= 4 is 17.6 Å². The predicted octanol–water partition coefficient (Wildman–Crippen LogP) is 6.56. The lowest BCUT2D eigenvalue weighted by atomic mass is 9.88. The molecule has 45 heavy (non-hydrogen) atoms. The molecule has 5 heterocycles. The summed E-state index contributed by atoms with van der Waals surface area (Å²) >= 11 is 5.98. The molecule has 2 saturated heterocycles. The van der Waals surface area contributed by atoms with E-state index in [1.54, 1.807) is 31.3 Å². The van der Waals surface area contributed by atoms with Crippen molar-refractivity contribution in [1.29, 1.82) is 0 Å². The van der Waals surface area contributed by atoms with Gasteiger partial charge < -0.3 is 23.9 Å². The summed E-state index contributed by atoms with van der Waals surface area (Å²) in [4.78, 5) is 23.2. The van der Waals surface area contributed by atoms with Gasteiger partial charge in [-0.2, -0.15) is 0 Å². The fourth-order valence-electron chi connectivity index (χ4n) is 6.59. The van der Waals surface area contributed by atoms with Crippen molar-refractivity contribution in [3.05, 3.63) is 93.9 Å². The Kier molecular flexibility index (Phi) is 7.75. The molecule has 2 fully saturated rings.